The lowest BCUT2D eigenvalue weighted by Crippen LogP contribution is -2.12. The molecule has 2 unspecified atom stereocenters. The van der Waals surface area contributed by atoms with Crippen LogP contribution < -0.4 is 5.32 Å². The summed E-state index contributed by atoms with van der Waals surface area (Å²) in [4.78, 5) is 9.79. The van der Waals surface area contributed by atoms with E-state index < -0.39 is 5.67 Å². The Balaban J connectivity index is 0.000000325. The van der Waals surface area contributed by atoms with Crippen molar-refractivity contribution < 1.29 is 13.9 Å². The SMILES string of the molecule is CC1(F)CC1C/C=C/C=O.CNCCOC. The normalized spacial score (nSPS) is 27.4. The van der Waals surface area contributed by atoms with Gasteiger partial charge in [0.2, 0.25) is 0 Å². The fourth-order valence-corrected chi connectivity index (χ4v) is 1.25. The highest BCUT2D eigenvalue weighted by molar-refractivity contribution is 5.64. The second-order valence-electron chi connectivity index (χ2n) is 4.08. The first kappa shape index (κ1) is 15.3. The molecule has 0 aromatic carbocycles. The minimum absolute atomic E-state index is 0.156. The van der Waals surface area contributed by atoms with E-state index in [0.29, 0.717) is 12.8 Å². The van der Waals surface area contributed by atoms with Crippen molar-refractivity contribution in [1.82, 2.24) is 5.32 Å². The number of rotatable bonds is 6. The van der Waals surface area contributed by atoms with Gasteiger partial charge in [0, 0.05) is 13.7 Å². The number of carbonyl (C=O) groups is 1. The summed E-state index contributed by atoms with van der Waals surface area (Å²) in [7, 11) is 3.59. The molecular formula is C12H22FNO2. The maximum Gasteiger partial charge on any atom is 0.142 e. The van der Waals surface area contributed by atoms with E-state index in [0.717, 1.165) is 19.4 Å². The summed E-state index contributed by atoms with van der Waals surface area (Å²) in [6.45, 7) is 3.35. The van der Waals surface area contributed by atoms with Crippen LogP contribution in [0.2, 0.25) is 0 Å². The smallest absolute Gasteiger partial charge is 0.142 e. The Hall–Kier alpha value is -0.740. The Labute approximate surface area is 97.1 Å². The standard InChI is InChI=1S/C8H11FO.C4H11NO/c1-8(9)6-7(8)4-2-3-5-10;1-5-3-4-6-2/h2-3,5,7H,4,6H2,1H3;5H,3-4H2,1-2H3/b3-2+;. The summed E-state index contributed by atoms with van der Waals surface area (Å²) < 4.78 is 17.5. The molecule has 1 N–H and O–H groups in total. The molecule has 0 radical (unpaired) electrons. The Bertz CT molecular complexity index is 213. The Kier molecular flexibility index (Phi) is 8.03. The average molecular weight is 231 g/mol. The molecule has 4 heteroatoms. The van der Waals surface area contributed by atoms with Gasteiger partial charge >= 0.3 is 0 Å². The summed E-state index contributed by atoms with van der Waals surface area (Å²) in [6, 6.07) is 0. The Morgan fingerprint density at radius 3 is 2.56 bits per heavy atom. The van der Waals surface area contributed by atoms with Crippen molar-refractivity contribution in [2.75, 3.05) is 27.3 Å². The van der Waals surface area contributed by atoms with Crippen LogP contribution in [0.15, 0.2) is 12.2 Å². The topological polar surface area (TPSA) is 38.3 Å². The number of hydrogen-bond donors (Lipinski definition) is 1. The molecule has 2 atom stereocenters. The number of methoxy groups -OCH3 is 1. The van der Waals surface area contributed by atoms with Gasteiger partial charge in [0.15, 0.2) is 0 Å². The molecule has 0 aliphatic heterocycles. The number of allylic oxidation sites excluding steroid dienone is 2. The largest absolute Gasteiger partial charge is 0.383 e. The Morgan fingerprint density at radius 2 is 2.25 bits per heavy atom. The third-order valence-electron chi connectivity index (χ3n) is 2.53. The zero-order valence-corrected chi connectivity index (χ0v) is 10.3. The number of alkyl halides is 1. The molecule has 3 nitrogen and oxygen atoms in total. The predicted molar refractivity (Wildman–Crippen MR) is 63.2 cm³/mol. The first-order valence-electron chi connectivity index (χ1n) is 5.51. The lowest BCUT2D eigenvalue weighted by Gasteiger charge is -1.92. The summed E-state index contributed by atoms with van der Waals surface area (Å²) >= 11 is 0. The highest BCUT2D eigenvalue weighted by Crippen LogP contribution is 2.48. The van der Waals surface area contributed by atoms with Gasteiger partial charge in [0.1, 0.15) is 12.0 Å². The second-order valence-corrected chi connectivity index (χ2v) is 4.08. The number of halogens is 1. The van der Waals surface area contributed by atoms with E-state index in [2.05, 4.69) is 5.32 Å². The highest BCUT2D eigenvalue weighted by atomic mass is 19.1. The lowest BCUT2D eigenvalue weighted by molar-refractivity contribution is -0.104. The van der Waals surface area contributed by atoms with E-state index in [1.54, 1.807) is 20.1 Å². The van der Waals surface area contributed by atoms with Crippen molar-refractivity contribution in [3.8, 4) is 0 Å². The van der Waals surface area contributed by atoms with Crippen LogP contribution in [0, 0.1) is 5.92 Å². The molecule has 0 spiro atoms. The van der Waals surface area contributed by atoms with Crippen LogP contribution in [0.3, 0.4) is 0 Å². The van der Waals surface area contributed by atoms with Gasteiger partial charge in [-0.15, -0.1) is 0 Å². The molecule has 0 aromatic rings. The third kappa shape index (κ3) is 7.54. The zero-order chi connectivity index (χ0) is 12.4. The molecular weight excluding hydrogens is 209 g/mol. The van der Waals surface area contributed by atoms with Gasteiger partial charge in [-0.1, -0.05) is 6.08 Å². The van der Waals surface area contributed by atoms with E-state index >= 15 is 0 Å². The molecule has 1 aliphatic rings. The highest BCUT2D eigenvalue weighted by Gasteiger charge is 2.49. The van der Waals surface area contributed by atoms with Crippen LogP contribution in [-0.2, 0) is 9.53 Å². The molecule has 1 fully saturated rings. The third-order valence-corrected chi connectivity index (χ3v) is 2.53. The van der Waals surface area contributed by atoms with E-state index in [1.165, 1.54) is 6.08 Å². The van der Waals surface area contributed by atoms with Crippen LogP contribution in [0.5, 0.6) is 0 Å². The molecule has 0 bridgehead atoms. The molecule has 0 amide bonds. The maximum absolute atomic E-state index is 12.8. The fourth-order valence-electron chi connectivity index (χ4n) is 1.25. The van der Waals surface area contributed by atoms with Crippen LogP contribution in [0.25, 0.3) is 0 Å². The number of carbonyl (C=O) groups excluding carboxylic acids is 1. The summed E-state index contributed by atoms with van der Waals surface area (Å²) in [6.07, 6.45) is 5.22. The lowest BCUT2D eigenvalue weighted by atomic mass is 10.2. The van der Waals surface area contributed by atoms with Crippen molar-refractivity contribution >= 4 is 6.29 Å². The molecule has 1 rings (SSSR count). The number of likely N-dealkylation sites (N-methyl/N-ethyl adjacent to an activating group) is 1. The van der Waals surface area contributed by atoms with Crippen molar-refractivity contribution in [3.05, 3.63) is 12.2 Å². The number of hydrogen-bond acceptors (Lipinski definition) is 3. The average Bonchev–Trinajstić information content (AvgIpc) is 2.85. The molecule has 16 heavy (non-hydrogen) atoms. The van der Waals surface area contributed by atoms with E-state index in [-0.39, 0.29) is 5.92 Å². The molecule has 0 saturated heterocycles. The number of nitrogens with one attached hydrogen (secondary N) is 1. The van der Waals surface area contributed by atoms with Crippen LogP contribution in [-0.4, -0.2) is 39.3 Å². The molecule has 0 heterocycles. The predicted octanol–water partition coefficient (Wildman–Crippen LogP) is 1.73. The van der Waals surface area contributed by atoms with Gasteiger partial charge in [-0.25, -0.2) is 4.39 Å². The van der Waals surface area contributed by atoms with E-state index in [1.807, 2.05) is 7.05 Å². The minimum atomic E-state index is -0.951. The molecule has 0 aromatic heterocycles. The van der Waals surface area contributed by atoms with Gasteiger partial charge in [-0.05, 0) is 38.8 Å². The first-order chi connectivity index (χ1) is 7.58. The zero-order valence-electron chi connectivity index (χ0n) is 10.3. The first-order valence-corrected chi connectivity index (χ1v) is 5.51. The monoisotopic (exact) mass is 231 g/mol. The fraction of sp³-hybridized carbons (Fsp3) is 0.750. The minimum Gasteiger partial charge on any atom is -0.383 e. The van der Waals surface area contributed by atoms with Crippen molar-refractivity contribution in [2.24, 2.45) is 5.92 Å². The summed E-state index contributed by atoms with van der Waals surface area (Å²) in [5.74, 6) is 0.156. The van der Waals surface area contributed by atoms with Gasteiger partial charge in [0.05, 0.1) is 6.61 Å². The second kappa shape index (κ2) is 8.42. The molecule has 94 valence electrons. The quantitative estimate of drug-likeness (QED) is 0.430. The van der Waals surface area contributed by atoms with Gasteiger partial charge in [0.25, 0.3) is 0 Å². The molecule has 1 aliphatic carbocycles. The van der Waals surface area contributed by atoms with Gasteiger partial charge in [-0.2, -0.15) is 0 Å². The summed E-state index contributed by atoms with van der Waals surface area (Å²) in [5.41, 5.74) is -0.951. The van der Waals surface area contributed by atoms with Crippen LogP contribution >= 0.6 is 0 Å². The molecule has 1 saturated carbocycles. The Morgan fingerprint density at radius 1 is 1.62 bits per heavy atom. The van der Waals surface area contributed by atoms with E-state index in [4.69, 9.17) is 4.74 Å². The number of ether oxygens (including phenoxy) is 1. The van der Waals surface area contributed by atoms with Crippen molar-refractivity contribution in [3.63, 3.8) is 0 Å². The number of aldehydes is 1. The maximum atomic E-state index is 12.8. The van der Waals surface area contributed by atoms with E-state index in [9.17, 15) is 9.18 Å². The van der Waals surface area contributed by atoms with Crippen molar-refractivity contribution in [1.29, 1.82) is 0 Å². The van der Waals surface area contributed by atoms with Crippen LogP contribution in [0.4, 0.5) is 4.39 Å². The van der Waals surface area contributed by atoms with Crippen molar-refractivity contribution in [2.45, 2.75) is 25.4 Å². The van der Waals surface area contributed by atoms with Gasteiger partial charge in [-0.3, -0.25) is 4.79 Å². The summed E-state index contributed by atoms with van der Waals surface area (Å²) in [5, 5.41) is 2.94. The van der Waals surface area contributed by atoms with Crippen LogP contribution in [0.1, 0.15) is 19.8 Å². The van der Waals surface area contributed by atoms with Gasteiger partial charge < -0.3 is 10.1 Å².